The zero-order chi connectivity index (χ0) is 26.0. The van der Waals surface area contributed by atoms with Crippen LogP contribution in [0, 0.1) is 20.8 Å². The number of imidazole rings is 1. The van der Waals surface area contributed by atoms with Crippen LogP contribution < -0.4 is 4.57 Å². The number of nitrogens with zero attached hydrogens (tertiary/aromatic N) is 3. The number of aromatic nitrogens is 3. The molecule has 0 radical (unpaired) electrons. The van der Waals surface area contributed by atoms with Crippen molar-refractivity contribution in [3.05, 3.63) is 114 Å². The van der Waals surface area contributed by atoms with E-state index >= 15 is 0 Å². The normalized spacial score (nSPS) is 11.7. The number of aryl methyl sites for hydroxylation is 4. The lowest BCUT2D eigenvalue weighted by molar-refractivity contribution is -0.633. The number of hydrogen-bond donors (Lipinski definition) is 0. The maximum Gasteiger partial charge on any atom is 0.295 e. The van der Waals surface area contributed by atoms with Crippen molar-refractivity contribution in [2.24, 2.45) is 7.05 Å². The number of oxazole rings is 1. The van der Waals surface area contributed by atoms with E-state index in [0.29, 0.717) is 5.89 Å². The van der Waals surface area contributed by atoms with Gasteiger partial charge in [0.1, 0.15) is 11.2 Å². The van der Waals surface area contributed by atoms with Gasteiger partial charge in [0, 0.05) is 10.9 Å². The Hall–Kier alpha value is -4.70. The molecule has 0 aliphatic carbocycles. The summed E-state index contributed by atoms with van der Waals surface area (Å²) in [6.07, 6.45) is 0. The van der Waals surface area contributed by atoms with Gasteiger partial charge in [-0.2, -0.15) is 4.57 Å². The lowest BCUT2D eigenvalue weighted by Crippen LogP contribution is -2.30. The summed E-state index contributed by atoms with van der Waals surface area (Å²) >= 11 is 0. The summed E-state index contributed by atoms with van der Waals surface area (Å²) in [5, 5.41) is 2.44. The van der Waals surface area contributed by atoms with Gasteiger partial charge in [-0.05, 0) is 73.2 Å². The van der Waals surface area contributed by atoms with E-state index in [9.17, 15) is 0 Å². The maximum atomic E-state index is 6.32. The van der Waals surface area contributed by atoms with Crippen LogP contribution in [0.4, 0.5) is 0 Å². The molecule has 0 saturated carbocycles. The van der Waals surface area contributed by atoms with Crippen molar-refractivity contribution in [3.8, 4) is 28.5 Å². The van der Waals surface area contributed by atoms with Crippen LogP contribution in [0.25, 0.3) is 61.4 Å². The number of fused-ring (bicyclic) bond motifs is 3. The van der Waals surface area contributed by atoms with Crippen LogP contribution in [0.15, 0.2) is 101 Å². The van der Waals surface area contributed by atoms with Gasteiger partial charge in [-0.3, -0.25) is 0 Å². The first-order valence-electron chi connectivity index (χ1n) is 13.0. The molecule has 38 heavy (non-hydrogen) atoms. The van der Waals surface area contributed by atoms with Crippen molar-refractivity contribution in [3.63, 3.8) is 0 Å². The van der Waals surface area contributed by atoms with Crippen LogP contribution in [0.3, 0.4) is 0 Å². The molecule has 2 aromatic heterocycles. The fourth-order valence-corrected chi connectivity index (χ4v) is 5.84. The van der Waals surface area contributed by atoms with Gasteiger partial charge < -0.3 is 4.42 Å². The second-order valence-corrected chi connectivity index (χ2v) is 10.1. The van der Waals surface area contributed by atoms with Crippen molar-refractivity contribution in [1.82, 2.24) is 9.55 Å². The Balaban J connectivity index is 1.53. The predicted molar refractivity (Wildman–Crippen MR) is 155 cm³/mol. The highest BCUT2D eigenvalue weighted by molar-refractivity contribution is 5.94. The second kappa shape index (κ2) is 8.42. The quantitative estimate of drug-likeness (QED) is 0.233. The fourth-order valence-electron chi connectivity index (χ4n) is 5.84. The summed E-state index contributed by atoms with van der Waals surface area (Å²) in [4.78, 5) is 4.98. The Labute approximate surface area is 221 Å². The van der Waals surface area contributed by atoms with E-state index in [0.717, 1.165) is 55.9 Å². The Bertz CT molecular complexity index is 2000. The zero-order valence-corrected chi connectivity index (χ0v) is 22.0. The van der Waals surface area contributed by atoms with E-state index in [4.69, 9.17) is 9.40 Å². The highest BCUT2D eigenvalue weighted by atomic mass is 16.3. The third-order valence-corrected chi connectivity index (χ3v) is 7.69. The minimum absolute atomic E-state index is 0.672. The van der Waals surface area contributed by atoms with Crippen LogP contribution in [0.1, 0.15) is 16.7 Å². The van der Waals surface area contributed by atoms with Gasteiger partial charge in [0.25, 0.3) is 5.82 Å². The Morgan fingerprint density at radius 2 is 1.45 bits per heavy atom. The molecule has 4 heteroatoms. The molecule has 0 atom stereocenters. The van der Waals surface area contributed by atoms with Crippen molar-refractivity contribution in [2.45, 2.75) is 20.8 Å². The van der Waals surface area contributed by atoms with Crippen LogP contribution in [-0.2, 0) is 7.05 Å². The summed E-state index contributed by atoms with van der Waals surface area (Å²) in [6, 6.07) is 34.3. The predicted octanol–water partition coefficient (Wildman–Crippen LogP) is 8.01. The minimum Gasteiger partial charge on any atom is -0.436 e. The SMILES string of the molecule is Cc1cc2oc(-c3c(C)cccc3C)nc2cc1-c1n(-c2cccc3ccccc23)c2ccccc2[n+]1C. The molecule has 184 valence electrons. The molecule has 0 bridgehead atoms. The van der Waals surface area contributed by atoms with E-state index in [1.165, 1.54) is 16.3 Å². The first kappa shape index (κ1) is 22.5. The molecular formula is C34H28N3O+. The van der Waals surface area contributed by atoms with Gasteiger partial charge in [-0.15, -0.1) is 0 Å². The van der Waals surface area contributed by atoms with Crippen molar-refractivity contribution < 1.29 is 8.98 Å². The molecule has 4 nitrogen and oxygen atoms in total. The highest BCUT2D eigenvalue weighted by Gasteiger charge is 2.29. The molecule has 0 aliphatic heterocycles. The molecule has 0 amide bonds. The molecule has 0 unspecified atom stereocenters. The summed E-state index contributed by atoms with van der Waals surface area (Å²) < 4.78 is 11.0. The number of rotatable bonds is 3. The van der Waals surface area contributed by atoms with Crippen molar-refractivity contribution >= 4 is 32.9 Å². The second-order valence-electron chi connectivity index (χ2n) is 10.1. The standard InChI is InChI=1S/C34H28N3O/c1-21-11-9-12-22(2)32(21)33-35-27-20-26(23(3)19-31(27)38-33)34-36(4)29-16-7-8-17-30(29)37(34)28-18-10-14-24-13-5-6-15-25(24)28/h5-20H,1-4H3/q+1. The van der Waals surface area contributed by atoms with Crippen LogP contribution in [0.5, 0.6) is 0 Å². The zero-order valence-electron chi connectivity index (χ0n) is 22.0. The molecule has 0 aliphatic rings. The Morgan fingerprint density at radius 1 is 0.737 bits per heavy atom. The van der Waals surface area contributed by atoms with Gasteiger partial charge >= 0.3 is 0 Å². The van der Waals surface area contributed by atoms with E-state index in [-0.39, 0.29) is 0 Å². The number of para-hydroxylation sites is 2. The molecule has 5 aromatic carbocycles. The molecular weight excluding hydrogens is 466 g/mol. The number of hydrogen-bond acceptors (Lipinski definition) is 2. The molecule has 0 N–H and O–H groups in total. The van der Waals surface area contributed by atoms with Gasteiger partial charge in [0.2, 0.25) is 5.89 Å². The monoisotopic (exact) mass is 494 g/mol. The largest absolute Gasteiger partial charge is 0.436 e. The fraction of sp³-hybridized carbons (Fsp3) is 0.118. The van der Waals surface area contributed by atoms with Gasteiger partial charge in [-0.1, -0.05) is 66.7 Å². The van der Waals surface area contributed by atoms with E-state index < -0.39 is 0 Å². The maximum absolute atomic E-state index is 6.32. The topological polar surface area (TPSA) is 34.8 Å². The van der Waals surface area contributed by atoms with Crippen molar-refractivity contribution in [2.75, 3.05) is 0 Å². The molecule has 0 fully saturated rings. The van der Waals surface area contributed by atoms with Crippen LogP contribution in [-0.4, -0.2) is 9.55 Å². The van der Waals surface area contributed by atoms with Gasteiger partial charge in [0.15, 0.2) is 16.6 Å². The van der Waals surface area contributed by atoms with E-state index in [1.54, 1.807) is 0 Å². The van der Waals surface area contributed by atoms with Crippen LogP contribution in [0.2, 0.25) is 0 Å². The first-order chi connectivity index (χ1) is 18.5. The van der Waals surface area contributed by atoms with Gasteiger partial charge in [-0.25, -0.2) is 9.55 Å². The lowest BCUT2D eigenvalue weighted by Gasteiger charge is -2.09. The summed E-state index contributed by atoms with van der Waals surface area (Å²) in [5.41, 5.74) is 10.8. The minimum atomic E-state index is 0.672. The van der Waals surface area contributed by atoms with E-state index in [1.807, 2.05) is 0 Å². The summed E-state index contributed by atoms with van der Waals surface area (Å²) in [6.45, 7) is 6.37. The van der Waals surface area contributed by atoms with Crippen LogP contribution >= 0.6 is 0 Å². The van der Waals surface area contributed by atoms with Gasteiger partial charge in [0.05, 0.1) is 12.6 Å². The first-order valence-corrected chi connectivity index (χ1v) is 13.0. The highest BCUT2D eigenvalue weighted by Crippen LogP contribution is 2.36. The molecule has 0 saturated heterocycles. The number of benzene rings is 5. The molecule has 0 spiro atoms. The molecule has 7 aromatic rings. The summed E-state index contributed by atoms with van der Waals surface area (Å²) in [5.74, 6) is 1.78. The summed E-state index contributed by atoms with van der Waals surface area (Å²) in [7, 11) is 2.15. The smallest absolute Gasteiger partial charge is 0.295 e. The molecule has 2 heterocycles. The molecule has 7 rings (SSSR count). The van der Waals surface area contributed by atoms with E-state index in [2.05, 4.69) is 134 Å². The third kappa shape index (κ3) is 3.30. The van der Waals surface area contributed by atoms with Crippen molar-refractivity contribution in [1.29, 1.82) is 0 Å². The average Bonchev–Trinajstić information content (AvgIpc) is 3.45. The Morgan fingerprint density at radius 3 is 2.29 bits per heavy atom. The Kier molecular flexibility index (Phi) is 4.98. The third-order valence-electron chi connectivity index (χ3n) is 7.69. The average molecular weight is 495 g/mol. The lowest BCUT2D eigenvalue weighted by atomic mass is 10.0.